The molecule has 2 N–H and O–H groups in total. The number of nitrogens with zero attached hydrogens (tertiary/aromatic N) is 1. The maximum atomic E-state index is 5.65. The molecular weight excluding hydrogens is 184 g/mol. The van der Waals surface area contributed by atoms with Crippen molar-refractivity contribution in [2.45, 2.75) is 39.7 Å². The first-order valence-corrected chi connectivity index (χ1v) is 5.51. The van der Waals surface area contributed by atoms with Crippen LogP contribution in [0.15, 0.2) is 29.3 Å². The second-order valence-electron chi connectivity index (χ2n) is 4.06. The summed E-state index contributed by atoms with van der Waals surface area (Å²) in [6.45, 7) is 7.10. The Hall–Kier alpha value is -1.31. The van der Waals surface area contributed by atoms with E-state index in [9.17, 15) is 0 Å². The van der Waals surface area contributed by atoms with Gasteiger partial charge in [0, 0.05) is 6.42 Å². The third kappa shape index (κ3) is 3.74. The van der Waals surface area contributed by atoms with E-state index in [2.05, 4.69) is 43.1 Å². The summed E-state index contributed by atoms with van der Waals surface area (Å²) < 4.78 is 0. The molecular formula is C13H20N2. The predicted molar refractivity (Wildman–Crippen MR) is 66.1 cm³/mol. The SMILES string of the molecule is CCC(N)=NCc1ccc(C(C)C)cc1. The van der Waals surface area contributed by atoms with Gasteiger partial charge in [0.2, 0.25) is 0 Å². The molecule has 0 spiro atoms. The summed E-state index contributed by atoms with van der Waals surface area (Å²) in [5.41, 5.74) is 8.23. The molecule has 0 atom stereocenters. The maximum absolute atomic E-state index is 5.65. The number of amidine groups is 1. The molecule has 0 amide bonds. The number of rotatable bonds is 4. The number of aliphatic imine (C=N–C) groups is 1. The van der Waals surface area contributed by atoms with Crippen LogP contribution in [0.4, 0.5) is 0 Å². The van der Waals surface area contributed by atoms with Crippen LogP contribution in [0, 0.1) is 0 Å². The second-order valence-corrected chi connectivity index (χ2v) is 4.06. The van der Waals surface area contributed by atoms with E-state index in [0.717, 1.165) is 12.3 Å². The van der Waals surface area contributed by atoms with E-state index in [4.69, 9.17) is 5.73 Å². The van der Waals surface area contributed by atoms with Crippen molar-refractivity contribution in [2.24, 2.45) is 10.7 Å². The van der Waals surface area contributed by atoms with Crippen LogP contribution in [-0.4, -0.2) is 5.84 Å². The minimum atomic E-state index is 0.586. The van der Waals surface area contributed by atoms with Gasteiger partial charge in [-0.15, -0.1) is 0 Å². The van der Waals surface area contributed by atoms with E-state index in [0.29, 0.717) is 12.5 Å². The van der Waals surface area contributed by atoms with Crippen LogP contribution < -0.4 is 5.73 Å². The normalized spacial score (nSPS) is 12.1. The Labute approximate surface area is 92.2 Å². The topological polar surface area (TPSA) is 38.4 Å². The van der Waals surface area contributed by atoms with Crippen LogP contribution in [0.2, 0.25) is 0 Å². The maximum Gasteiger partial charge on any atom is 0.0938 e. The largest absolute Gasteiger partial charge is 0.387 e. The zero-order valence-corrected chi connectivity index (χ0v) is 9.83. The Balaban J connectivity index is 2.65. The third-order valence-electron chi connectivity index (χ3n) is 2.47. The van der Waals surface area contributed by atoms with Gasteiger partial charge in [0.15, 0.2) is 0 Å². The first kappa shape index (κ1) is 11.8. The van der Waals surface area contributed by atoms with Gasteiger partial charge in [-0.3, -0.25) is 4.99 Å². The number of nitrogens with two attached hydrogens (primary N) is 1. The standard InChI is InChI=1S/C13H20N2/c1-4-13(14)15-9-11-5-7-12(8-6-11)10(2)3/h5-8,10H,4,9H2,1-3H3,(H2,14,15). The fourth-order valence-corrected chi connectivity index (χ4v) is 1.31. The predicted octanol–water partition coefficient (Wildman–Crippen LogP) is 3.08. The molecule has 2 heteroatoms. The molecule has 0 aromatic heterocycles. The van der Waals surface area contributed by atoms with E-state index < -0.39 is 0 Å². The van der Waals surface area contributed by atoms with Crippen molar-refractivity contribution in [1.29, 1.82) is 0 Å². The Morgan fingerprint density at radius 3 is 2.33 bits per heavy atom. The van der Waals surface area contributed by atoms with E-state index in [1.165, 1.54) is 11.1 Å². The van der Waals surface area contributed by atoms with Crippen molar-refractivity contribution in [3.05, 3.63) is 35.4 Å². The number of hydrogen-bond donors (Lipinski definition) is 1. The van der Waals surface area contributed by atoms with E-state index in [-0.39, 0.29) is 0 Å². The van der Waals surface area contributed by atoms with Crippen molar-refractivity contribution in [3.63, 3.8) is 0 Å². The molecule has 0 aliphatic carbocycles. The molecule has 0 unspecified atom stereocenters. The van der Waals surface area contributed by atoms with Crippen molar-refractivity contribution in [2.75, 3.05) is 0 Å². The van der Waals surface area contributed by atoms with Crippen molar-refractivity contribution < 1.29 is 0 Å². The molecule has 0 saturated heterocycles. The first-order valence-electron chi connectivity index (χ1n) is 5.51. The zero-order chi connectivity index (χ0) is 11.3. The lowest BCUT2D eigenvalue weighted by Crippen LogP contribution is -2.09. The molecule has 82 valence electrons. The third-order valence-corrected chi connectivity index (χ3v) is 2.47. The van der Waals surface area contributed by atoms with E-state index in [1.807, 2.05) is 6.92 Å². The Bertz CT molecular complexity index is 323. The summed E-state index contributed by atoms with van der Waals surface area (Å²) >= 11 is 0. The summed E-state index contributed by atoms with van der Waals surface area (Å²) in [6.07, 6.45) is 0.823. The van der Waals surface area contributed by atoms with E-state index >= 15 is 0 Å². The monoisotopic (exact) mass is 204 g/mol. The highest BCUT2D eigenvalue weighted by Gasteiger charge is 1.98. The number of benzene rings is 1. The molecule has 0 radical (unpaired) electrons. The summed E-state index contributed by atoms with van der Waals surface area (Å²) in [7, 11) is 0. The minimum absolute atomic E-state index is 0.586. The fourth-order valence-electron chi connectivity index (χ4n) is 1.31. The molecule has 0 aliphatic rings. The minimum Gasteiger partial charge on any atom is -0.387 e. The summed E-state index contributed by atoms with van der Waals surface area (Å²) in [5, 5.41) is 0. The lowest BCUT2D eigenvalue weighted by atomic mass is 10.0. The summed E-state index contributed by atoms with van der Waals surface area (Å²) in [4.78, 5) is 4.28. The molecule has 0 saturated carbocycles. The van der Waals surface area contributed by atoms with Gasteiger partial charge < -0.3 is 5.73 Å². The molecule has 0 aliphatic heterocycles. The molecule has 1 aromatic carbocycles. The van der Waals surface area contributed by atoms with Crippen molar-refractivity contribution in [1.82, 2.24) is 0 Å². The van der Waals surface area contributed by atoms with Gasteiger partial charge in [-0.2, -0.15) is 0 Å². The lowest BCUT2D eigenvalue weighted by Gasteiger charge is -2.05. The Morgan fingerprint density at radius 2 is 1.87 bits per heavy atom. The van der Waals surface area contributed by atoms with Gasteiger partial charge >= 0.3 is 0 Å². The quantitative estimate of drug-likeness (QED) is 0.594. The molecule has 1 rings (SSSR count). The van der Waals surface area contributed by atoms with Crippen LogP contribution in [0.25, 0.3) is 0 Å². The molecule has 2 nitrogen and oxygen atoms in total. The van der Waals surface area contributed by atoms with Gasteiger partial charge in [-0.25, -0.2) is 0 Å². The van der Waals surface area contributed by atoms with Gasteiger partial charge in [0.05, 0.1) is 12.4 Å². The first-order chi connectivity index (χ1) is 7.13. The van der Waals surface area contributed by atoms with Crippen LogP contribution in [0.3, 0.4) is 0 Å². The smallest absolute Gasteiger partial charge is 0.0938 e. The Morgan fingerprint density at radius 1 is 1.27 bits per heavy atom. The molecule has 0 heterocycles. The van der Waals surface area contributed by atoms with Gasteiger partial charge in [-0.1, -0.05) is 45.0 Å². The molecule has 1 aromatic rings. The Kier molecular flexibility index (Phi) is 4.35. The summed E-state index contributed by atoms with van der Waals surface area (Å²) in [6, 6.07) is 8.58. The highest BCUT2D eigenvalue weighted by Crippen LogP contribution is 2.14. The molecule has 15 heavy (non-hydrogen) atoms. The molecule has 0 bridgehead atoms. The van der Waals surface area contributed by atoms with Crippen LogP contribution in [0.5, 0.6) is 0 Å². The van der Waals surface area contributed by atoms with Gasteiger partial charge in [0.1, 0.15) is 0 Å². The van der Waals surface area contributed by atoms with Crippen LogP contribution in [0.1, 0.15) is 44.2 Å². The van der Waals surface area contributed by atoms with Crippen LogP contribution in [-0.2, 0) is 6.54 Å². The van der Waals surface area contributed by atoms with Crippen LogP contribution >= 0.6 is 0 Å². The van der Waals surface area contributed by atoms with Gasteiger partial charge in [0.25, 0.3) is 0 Å². The fraction of sp³-hybridized carbons (Fsp3) is 0.462. The highest BCUT2D eigenvalue weighted by molar-refractivity contribution is 5.79. The highest BCUT2D eigenvalue weighted by atomic mass is 14.8. The van der Waals surface area contributed by atoms with Crippen molar-refractivity contribution in [3.8, 4) is 0 Å². The molecule has 0 fully saturated rings. The van der Waals surface area contributed by atoms with Gasteiger partial charge in [-0.05, 0) is 17.0 Å². The summed E-state index contributed by atoms with van der Waals surface area (Å²) in [5.74, 6) is 1.31. The average molecular weight is 204 g/mol. The zero-order valence-electron chi connectivity index (χ0n) is 9.83. The average Bonchev–Trinajstić information content (AvgIpc) is 2.26. The van der Waals surface area contributed by atoms with E-state index in [1.54, 1.807) is 0 Å². The number of hydrogen-bond acceptors (Lipinski definition) is 1. The second kappa shape index (κ2) is 5.54. The van der Waals surface area contributed by atoms with Crippen molar-refractivity contribution >= 4 is 5.84 Å². The lowest BCUT2D eigenvalue weighted by molar-refractivity contribution is 0.864.